The van der Waals surface area contributed by atoms with Crippen LogP contribution in [0.25, 0.3) is 6.08 Å². The van der Waals surface area contributed by atoms with Crippen LogP contribution in [0, 0.1) is 5.82 Å². The van der Waals surface area contributed by atoms with Crippen molar-refractivity contribution in [3.05, 3.63) is 70.1 Å². The smallest absolute Gasteiger partial charge is 0.419 e. The Morgan fingerprint density at radius 1 is 1.21 bits per heavy atom. The topological polar surface area (TPSA) is 68.2 Å². The summed E-state index contributed by atoms with van der Waals surface area (Å²) < 4.78 is 72.0. The summed E-state index contributed by atoms with van der Waals surface area (Å²) in [5, 5.41) is 9.21. The van der Waals surface area contributed by atoms with Gasteiger partial charge in [0, 0.05) is 37.3 Å². The van der Waals surface area contributed by atoms with Crippen molar-refractivity contribution < 1.29 is 41.7 Å². The molecule has 0 saturated heterocycles. The SMILES string of the molecule is CC(C)Oc1ccc(COc2cc(F)c3c(c2)OCC(CN2CCC=C(C(=O)O)C2)=C3)cc1C(F)(F)F.Cl. The highest BCUT2D eigenvalue weighted by molar-refractivity contribution is 5.87. The van der Waals surface area contributed by atoms with Crippen molar-refractivity contribution >= 4 is 24.5 Å². The van der Waals surface area contributed by atoms with Crippen LogP contribution in [-0.4, -0.2) is 48.3 Å². The molecule has 0 amide bonds. The van der Waals surface area contributed by atoms with Crippen LogP contribution in [0.4, 0.5) is 17.6 Å². The van der Waals surface area contributed by atoms with Crippen LogP contribution in [0.15, 0.2) is 47.6 Å². The van der Waals surface area contributed by atoms with E-state index in [0.717, 1.165) is 17.7 Å². The van der Waals surface area contributed by atoms with Gasteiger partial charge < -0.3 is 19.3 Å². The van der Waals surface area contributed by atoms with Crippen LogP contribution < -0.4 is 14.2 Å². The predicted molar refractivity (Wildman–Crippen MR) is 135 cm³/mol. The van der Waals surface area contributed by atoms with Crippen molar-refractivity contribution in [3.63, 3.8) is 0 Å². The number of nitrogens with zero attached hydrogens (tertiary/aromatic N) is 1. The van der Waals surface area contributed by atoms with E-state index in [-0.39, 0.29) is 54.0 Å². The van der Waals surface area contributed by atoms with Crippen molar-refractivity contribution in [2.75, 3.05) is 26.2 Å². The first kappa shape index (κ1) is 29.3. The molecule has 2 aliphatic rings. The normalized spacial score (nSPS) is 15.6. The molecule has 2 aliphatic heterocycles. The van der Waals surface area contributed by atoms with Gasteiger partial charge in [-0.05, 0) is 49.6 Å². The molecule has 0 atom stereocenters. The fraction of sp³-hybridized carbons (Fsp3) is 0.370. The lowest BCUT2D eigenvalue weighted by Crippen LogP contribution is -2.35. The molecule has 0 unspecified atom stereocenters. The Morgan fingerprint density at radius 2 is 1.97 bits per heavy atom. The Balaban J connectivity index is 0.00000400. The molecule has 0 spiro atoms. The van der Waals surface area contributed by atoms with E-state index in [1.807, 2.05) is 4.90 Å². The number of carboxylic acid groups (broad SMARTS) is 1. The van der Waals surface area contributed by atoms with Crippen molar-refractivity contribution in [2.24, 2.45) is 0 Å². The number of carboxylic acids is 1. The van der Waals surface area contributed by atoms with Crippen LogP contribution in [0.5, 0.6) is 17.2 Å². The third kappa shape index (κ3) is 7.20. The Morgan fingerprint density at radius 3 is 2.66 bits per heavy atom. The van der Waals surface area contributed by atoms with Crippen molar-refractivity contribution in [2.45, 2.75) is 39.2 Å². The Bertz CT molecular complexity index is 1240. The molecule has 206 valence electrons. The maximum absolute atomic E-state index is 14.9. The Kier molecular flexibility index (Phi) is 9.32. The molecule has 11 heteroatoms. The molecule has 6 nitrogen and oxygen atoms in total. The van der Waals surface area contributed by atoms with Gasteiger partial charge in [-0.1, -0.05) is 12.1 Å². The molecule has 0 radical (unpaired) electrons. The van der Waals surface area contributed by atoms with Crippen LogP contribution >= 0.6 is 12.4 Å². The second kappa shape index (κ2) is 12.1. The minimum atomic E-state index is -4.60. The highest BCUT2D eigenvalue weighted by atomic mass is 35.5. The lowest BCUT2D eigenvalue weighted by Gasteiger charge is -2.28. The van der Waals surface area contributed by atoms with Crippen molar-refractivity contribution in [3.8, 4) is 17.2 Å². The highest BCUT2D eigenvalue weighted by Crippen LogP contribution is 2.38. The van der Waals surface area contributed by atoms with Crippen LogP contribution in [0.1, 0.15) is 37.0 Å². The number of fused-ring (bicyclic) bond motifs is 1. The number of alkyl halides is 3. The van der Waals surface area contributed by atoms with Crippen LogP contribution in [0.2, 0.25) is 0 Å². The molecule has 0 aromatic heterocycles. The minimum Gasteiger partial charge on any atom is -0.490 e. The summed E-state index contributed by atoms with van der Waals surface area (Å²) in [6.45, 7) is 4.71. The number of halogens is 5. The van der Waals surface area contributed by atoms with Gasteiger partial charge in [-0.2, -0.15) is 13.2 Å². The second-order valence-corrected chi connectivity index (χ2v) is 9.23. The number of ether oxygens (including phenoxy) is 3. The van der Waals surface area contributed by atoms with Gasteiger partial charge in [-0.15, -0.1) is 12.4 Å². The van der Waals surface area contributed by atoms with E-state index in [2.05, 4.69) is 0 Å². The molecule has 2 heterocycles. The third-order valence-corrected chi connectivity index (χ3v) is 5.88. The van der Waals surface area contributed by atoms with Gasteiger partial charge in [0.15, 0.2) is 0 Å². The van der Waals surface area contributed by atoms with E-state index in [9.17, 15) is 27.5 Å². The molecule has 1 N–H and O–H groups in total. The molecule has 0 bridgehead atoms. The van der Waals surface area contributed by atoms with Gasteiger partial charge in [0.2, 0.25) is 0 Å². The summed E-state index contributed by atoms with van der Waals surface area (Å²) in [7, 11) is 0. The third-order valence-electron chi connectivity index (χ3n) is 5.88. The van der Waals surface area contributed by atoms with E-state index in [1.54, 1.807) is 26.0 Å². The standard InChI is InChI=1S/C27H27F4NO5.ClH/c1-16(2)37-24-6-5-17(9-22(24)27(29,30)31)14-35-20-10-23(28)21-8-18(15-36-25(21)11-20)12-32-7-3-4-19(13-32)26(33)34;/h4-6,8-11,16H,3,7,12-15H2,1-2H3,(H,33,34);1H. The Hall–Kier alpha value is -3.24. The van der Waals surface area contributed by atoms with Gasteiger partial charge in [0.05, 0.1) is 17.2 Å². The lowest BCUT2D eigenvalue weighted by atomic mass is 10.0. The first-order valence-electron chi connectivity index (χ1n) is 11.8. The molecule has 0 aliphatic carbocycles. The number of hydrogen-bond acceptors (Lipinski definition) is 5. The fourth-order valence-corrected chi connectivity index (χ4v) is 4.21. The molecule has 2 aromatic carbocycles. The van der Waals surface area contributed by atoms with E-state index >= 15 is 0 Å². The van der Waals surface area contributed by atoms with Gasteiger partial charge in [-0.3, -0.25) is 4.90 Å². The first-order chi connectivity index (χ1) is 17.5. The fourth-order valence-electron chi connectivity index (χ4n) is 4.21. The van der Waals surface area contributed by atoms with Crippen LogP contribution in [0.3, 0.4) is 0 Å². The van der Waals surface area contributed by atoms with E-state index in [1.165, 1.54) is 18.2 Å². The van der Waals surface area contributed by atoms with E-state index in [0.29, 0.717) is 31.6 Å². The number of hydrogen-bond donors (Lipinski definition) is 1. The number of carbonyl (C=O) groups is 1. The summed E-state index contributed by atoms with van der Waals surface area (Å²) in [4.78, 5) is 13.2. The first-order valence-corrected chi connectivity index (χ1v) is 11.8. The van der Waals surface area contributed by atoms with Gasteiger partial charge in [0.1, 0.15) is 36.3 Å². The van der Waals surface area contributed by atoms with E-state index < -0.39 is 29.6 Å². The predicted octanol–water partition coefficient (Wildman–Crippen LogP) is 6.13. The van der Waals surface area contributed by atoms with Gasteiger partial charge in [-0.25, -0.2) is 9.18 Å². The minimum absolute atomic E-state index is 0. The van der Waals surface area contributed by atoms with Crippen molar-refractivity contribution in [1.82, 2.24) is 4.90 Å². The molecule has 0 saturated carbocycles. The summed E-state index contributed by atoms with van der Waals surface area (Å²) in [5.74, 6) is -1.42. The average molecular weight is 558 g/mol. The maximum Gasteiger partial charge on any atom is 0.419 e. The maximum atomic E-state index is 14.9. The summed E-state index contributed by atoms with van der Waals surface area (Å²) in [6, 6.07) is 6.34. The zero-order chi connectivity index (χ0) is 26.7. The average Bonchev–Trinajstić information content (AvgIpc) is 2.83. The zero-order valence-corrected chi connectivity index (χ0v) is 21.6. The summed E-state index contributed by atoms with van der Waals surface area (Å²) in [6.07, 6.45) is -1.01. The molecule has 2 aromatic rings. The van der Waals surface area contributed by atoms with Crippen LogP contribution in [-0.2, 0) is 17.6 Å². The largest absolute Gasteiger partial charge is 0.490 e. The Labute approximate surface area is 223 Å². The zero-order valence-electron chi connectivity index (χ0n) is 20.8. The monoisotopic (exact) mass is 557 g/mol. The molecular formula is C27H28ClF4NO5. The van der Waals surface area contributed by atoms with Gasteiger partial charge in [0.25, 0.3) is 0 Å². The molecular weight excluding hydrogens is 530 g/mol. The molecule has 38 heavy (non-hydrogen) atoms. The van der Waals surface area contributed by atoms with Gasteiger partial charge >= 0.3 is 12.1 Å². The second-order valence-electron chi connectivity index (χ2n) is 9.23. The molecule has 4 rings (SSSR count). The lowest BCUT2D eigenvalue weighted by molar-refractivity contribution is -0.139. The number of rotatable bonds is 8. The summed E-state index contributed by atoms with van der Waals surface area (Å²) >= 11 is 0. The van der Waals surface area contributed by atoms with Crippen molar-refractivity contribution in [1.29, 1.82) is 0 Å². The highest BCUT2D eigenvalue weighted by Gasteiger charge is 2.35. The number of aliphatic carboxylic acids is 1. The quantitative estimate of drug-likeness (QED) is 0.394. The van der Waals surface area contributed by atoms with E-state index in [4.69, 9.17) is 14.2 Å². The summed E-state index contributed by atoms with van der Waals surface area (Å²) in [5.41, 5.74) is 0.728. The number of benzene rings is 2. The molecule has 0 fully saturated rings.